The lowest BCUT2D eigenvalue weighted by Crippen LogP contribution is -2.22. The van der Waals surface area contributed by atoms with E-state index in [0.717, 1.165) is 22.6 Å². The molecule has 2 rings (SSSR count). The zero-order valence-corrected chi connectivity index (χ0v) is 12.0. The lowest BCUT2D eigenvalue weighted by atomic mass is 10.2. The Bertz CT molecular complexity index is 604. The third kappa shape index (κ3) is 4.72. The molecule has 5 N–H and O–H groups in total. The van der Waals surface area contributed by atoms with Crippen LogP contribution in [0.25, 0.3) is 0 Å². The summed E-state index contributed by atoms with van der Waals surface area (Å²) in [6.07, 6.45) is 0. The van der Waals surface area contributed by atoms with Gasteiger partial charge in [0.25, 0.3) is 0 Å². The van der Waals surface area contributed by atoms with Gasteiger partial charge in [-0.1, -0.05) is 24.3 Å². The van der Waals surface area contributed by atoms with Crippen molar-refractivity contribution in [3.63, 3.8) is 0 Å². The second-order valence-electron chi connectivity index (χ2n) is 4.62. The highest BCUT2D eigenvalue weighted by Crippen LogP contribution is 2.16. The number of hydrogen-bond donors (Lipinski definition) is 3. The van der Waals surface area contributed by atoms with Crippen LogP contribution in [0.2, 0.25) is 0 Å². The van der Waals surface area contributed by atoms with Crippen LogP contribution in [0.15, 0.2) is 53.5 Å². The second-order valence-corrected chi connectivity index (χ2v) is 4.62. The van der Waals surface area contributed by atoms with E-state index >= 15 is 0 Å². The quantitative estimate of drug-likeness (QED) is 0.560. The molecule has 0 heterocycles. The van der Waals surface area contributed by atoms with E-state index in [4.69, 9.17) is 16.2 Å². The molecule has 0 amide bonds. The number of benzene rings is 2. The number of ether oxygens (including phenoxy) is 1. The van der Waals surface area contributed by atoms with Crippen LogP contribution >= 0.6 is 0 Å². The van der Waals surface area contributed by atoms with Crippen LogP contribution in [0.3, 0.4) is 0 Å². The summed E-state index contributed by atoms with van der Waals surface area (Å²) in [4.78, 5) is 3.96. The summed E-state index contributed by atoms with van der Waals surface area (Å²) in [5.41, 5.74) is 13.8. The topological polar surface area (TPSA) is 85.7 Å². The van der Waals surface area contributed by atoms with Gasteiger partial charge in [-0.2, -0.15) is 0 Å². The zero-order chi connectivity index (χ0) is 15.1. The van der Waals surface area contributed by atoms with Gasteiger partial charge in [-0.05, 0) is 35.4 Å². The third-order valence-corrected chi connectivity index (χ3v) is 2.99. The smallest absolute Gasteiger partial charge is 0.186 e. The first-order chi connectivity index (χ1) is 10.2. The Morgan fingerprint density at radius 1 is 1.10 bits per heavy atom. The predicted molar refractivity (Wildman–Crippen MR) is 86.3 cm³/mol. The monoisotopic (exact) mass is 284 g/mol. The summed E-state index contributed by atoms with van der Waals surface area (Å²) in [6, 6.07) is 15.8. The van der Waals surface area contributed by atoms with Crippen molar-refractivity contribution >= 4 is 11.6 Å². The predicted octanol–water partition coefficient (Wildman–Crippen LogP) is 2.08. The van der Waals surface area contributed by atoms with Crippen LogP contribution in [0.4, 0.5) is 5.69 Å². The van der Waals surface area contributed by atoms with E-state index in [1.165, 1.54) is 0 Å². The van der Waals surface area contributed by atoms with E-state index in [2.05, 4.69) is 16.4 Å². The number of guanidine groups is 1. The number of nitrogens with two attached hydrogens (primary N) is 2. The van der Waals surface area contributed by atoms with Crippen LogP contribution in [0.5, 0.6) is 5.75 Å². The first-order valence-corrected chi connectivity index (χ1v) is 6.71. The molecular weight excluding hydrogens is 264 g/mol. The summed E-state index contributed by atoms with van der Waals surface area (Å²) in [6.45, 7) is 1.01. The van der Waals surface area contributed by atoms with Crippen molar-refractivity contribution in [2.45, 2.75) is 13.2 Å². The first-order valence-electron chi connectivity index (χ1n) is 6.71. The summed E-state index contributed by atoms with van der Waals surface area (Å²) < 4.78 is 5.76. The maximum Gasteiger partial charge on any atom is 0.186 e. The van der Waals surface area contributed by atoms with Crippen LogP contribution in [0, 0.1) is 0 Å². The van der Waals surface area contributed by atoms with E-state index in [9.17, 15) is 0 Å². The zero-order valence-electron chi connectivity index (χ0n) is 12.0. The molecule has 0 fully saturated rings. The third-order valence-electron chi connectivity index (χ3n) is 2.99. The molecule has 0 aromatic heterocycles. The molecule has 0 radical (unpaired) electrons. The first kappa shape index (κ1) is 14.7. The fourth-order valence-corrected chi connectivity index (χ4v) is 1.86. The molecule has 0 unspecified atom stereocenters. The fourth-order valence-electron chi connectivity index (χ4n) is 1.86. The van der Waals surface area contributed by atoms with Gasteiger partial charge >= 0.3 is 0 Å². The van der Waals surface area contributed by atoms with Crippen LogP contribution < -0.4 is 21.5 Å². The molecule has 0 saturated heterocycles. The maximum absolute atomic E-state index is 5.76. The highest BCUT2D eigenvalue weighted by atomic mass is 16.5. The van der Waals surface area contributed by atoms with Gasteiger partial charge in [0, 0.05) is 12.7 Å². The number of nitrogens with zero attached hydrogens (tertiary/aromatic N) is 1. The van der Waals surface area contributed by atoms with Gasteiger partial charge in [-0.3, -0.25) is 0 Å². The van der Waals surface area contributed by atoms with E-state index in [0.29, 0.717) is 13.2 Å². The number of aliphatic imine (C=N–C) groups is 1. The standard InChI is InChI=1S/C16H20N4O/c1-19-14-4-2-3-13(9-14)11-21-15-7-5-12(6-8-15)10-20-16(17)18/h2-9,19H,10-11H2,1H3,(H4,17,18,20). The van der Waals surface area contributed by atoms with E-state index in [-0.39, 0.29) is 5.96 Å². The number of anilines is 1. The van der Waals surface area contributed by atoms with E-state index in [1.54, 1.807) is 0 Å². The van der Waals surface area contributed by atoms with Crippen molar-refractivity contribution in [1.82, 2.24) is 0 Å². The van der Waals surface area contributed by atoms with Gasteiger partial charge in [0.1, 0.15) is 12.4 Å². The number of nitrogens with one attached hydrogen (secondary N) is 1. The molecular formula is C16H20N4O. The van der Waals surface area contributed by atoms with Crippen LogP contribution in [0.1, 0.15) is 11.1 Å². The Labute approximate surface area is 124 Å². The summed E-state index contributed by atoms with van der Waals surface area (Å²) in [5, 5.41) is 3.11. The van der Waals surface area contributed by atoms with Gasteiger partial charge in [-0.25, -0.2) is 4.99 Å². The Kier molecular flexibility index (Phi) is 5.04. The van der Waals surface area contributed by atoms with Crippen molar-refractivity contribution in [2.75, 3.05) is 12.4 Å². The molecule has 0 saturated carbocycles. The van der Waals surface area contributed by atoms with Crippen LogP contribution in [-0.4, -0.2) is 13.0 Å². The molecule has 0 aliphatic heterocycles. The van der Waals surface area contributed by atoms with Gasteiger partial charge < -0.3 is 21.5 Å². The summed E-state index contributed by atoms with van der Waals surface area (Å²) in [5.74, 6) is 0.915. The van der Waals surface area contributed by atoms with Crippen molar-refractivity contribution in [3.05, 3.63) is 59.7 Å². The summed E-state index contributed by atoms with van der Waals surface area (Å²) in [7, 11) is 1.90. The average molecular weight is 284 g/mol. The number of rotatable bonds is 6. The molecule has 5 heteroatoms. The Balaban J connectivity index is 1.92. The molecule has 0 aliphatic carbocycles. The normalized spacial score (nSPS) is 9.95. The van der Waals surface area contributed by atoms with Crippen molar-refractivity contribution < 1.29 is 4.74 Å². The second kappa shape index (κ2) is 7.19. The minimum atomic E-state index is 0.0970. The highest BCUT2D eigenvalue weighted by Gasteiger charge is 1.98. The van der Waals surface area contributed by atoms with Crippen molar-refractivity contribution in [2.24, 2.45) is 16.5 Å². The molecule has 21 heavy (non-hydrogen) atoms. The van der Waals surface area contributed by atoms with Gasteiger partial charge in [-0.15, -0.1) is 0 Å². The molecule has 0 atom stereocenters. The fraction of sp³-hybridized carbons (Fsp3) is 0.188. The molecule has 2 aromatic rings. The van der Waals surface area contributed by atoms with Crippen LogP contribution in [-0.2, 0) is 13.2 Å². The Morgan fingerprint density at radius 2 is 1.86 bits per heavy atom. The Morgan fingerprint density at radius 3 is 2.52 bits per heavy atom. The SMILES string of the molecule is CNc1cccc(COc2ccc(CN=C(N)N)cc2)c1. The highest BCUT2D eigenvalue weighted by molar-refractivity contribution is 5.75. The molecule has 0 aliphatic rings. The van der Waals surface area contributed by atoms with Crippen molar-refractivity contribution in [1.29, 1.82) is 0 Å². The summed E-state index contributed by atoms with van der Waals surface area (Å²) >= 11 is 0. The van der Waals surface area contributed by atoms with E-state index < -0.39 is 0 Å². The minimum Gasteiger partial charge on any atom is -0.489 e. The molecule has 2 aromatic carbocycles. The molecule has 0 bridgehead atoms. The minimum absolute atomic E-state index is 0.0970. The number of hydrogen-bond acceptors (Lipinski definition) is 3. The van der Waals surface area contributed by atoms with Gasteiger partial charge in [0.05, 0.1) is 6.54 Å². The van der Waals surface area contributed by atoms with Gasteiger partial charge in [0.2, 0.25) is 0 Å². The maximum atomic E-state index is 5.76. The lowest BCUT2D eigenvalue weighted by molar-refractivity contribution is 0.306. The lowest BCUT2D eigenvalue weighted by Gasteiger charge is -2.08. The molecule has 5 nitrogen and oxygen atoms in total. The van der Waals surface area contributed by atoms with E-state index in [1.807, 2.05) is 49.5 Å². The van der Waals surface area contributed by atoms with Crippen molar-refractivity contribution in [3.8, 4) is 5.75 Å². The molecule has 110 valence electrons. The van der Waals surface area contributed by atoms with Gasteiger partial charge in [0.15, 0.2) is 5.96 Å². The molecule has 0 spiro atoms. The largest absolute Gasteiger partial charge is 0.489 e. The average Bonchev–Trinajstić information content (AvgIpc) is 2.52. The Hall–Kier alpha value is -2.69.